The molecule has 0 N–H and O–H groups in total. The molecular weight excluding hydrogens is 435 g/mol. The van der Waals surface area contributed by atoms with Gasteiger partial charge in [-0.3, -0.25) is 4.79 Å². The molecule has 0 spiro atoms. The summed E-state index contributed by atoms with van der Waals surface area (Å²) in [6, 6.07) is 4.15. The van der Waals surface area contributed by atoms with Crippen LogP contribution in [0.5, 0.6) is 5.75 Å². The molecule has 0 heterocycles. The van der Waals surface area contributed by atoms with Crippen LogP contribution < -0.4 is 4.74 Å². The highest BCUT2D eigenvalue weighted by molar-refractivity contribution is 6.30. The van der Waals surface area contributed by atoms with Crippen LogP contribution in [0.4, 0.5) is 4.39 Å². The van der Waals surface area contributed by atoms with E-state index >= 15 is 0 Å². The van der Waals surface area contributed by atoms with Gasteiger partial charge in [-0.05, 0) is 61.5 Å². The summed E-state index contributed by atoms with van der Waals surface area (Å²) in [6.07, 6.45) is 22.1. The number of carbonyl (C=O) groups is 1. The van der Waals surface area contributed by atoms with Gasteiger partial charge in [-0.15, -0.1) is 0 Å². The third-order valence-electron chi connectivity index (χ3n) is 8.23. The second kappa shape index (κ2) is 14.3. The first kappa shape index (κ1) is 26.5. The number of benzene rings is 1. The highest BCUT2D eigenvalue weighted by Crippen LogP contribution is 2.43. The fraction of sp³-hybridized carbons (Fsp3) is 0.759. The number of unbranched alkanes of at least 4 members (excludes halogenated alkanes) is 5. The molecule has 0 amide bonds. The quantitative estimate of drug-likeness (QED) is 0.170. The maximum absolute atomic E-state index is 13.5. The normalized spacial score (nSPS) is 25.7. The third-order valence-corrected chi connectivity index (χ3v) is 8.53. The summed E-state index contributed by atoms with van der Waals surface area (Å²) in [5.74, 6) is 2.75. The van der Waals surface area contributed by atoms with Crippen LogP contribution in [0.2, 0.25) is 5.02 Å². The fourth-order valence-corrected chi connectivity index (χ4v) is 6.35. The number of carbonyl (C=O) groups excluding carboxylic acids is 1. The van der Waals surface area contributed by atoms with E-state index in [0.29, 0.717) is 12.3 Å². The lowest BCUT2D eigenvalue weighted by Crippen LogP contribution is -2.27. The highest BCUT2D eigenvalue weighted by Gasteiger charge is 2.31. The van der Waals surface area contributed by atoms with Crippen LogP contribution in [0.1, 0.15) is 116 Å². The highest BCUT2D eigenvalue weighted by atomic mass is 35.5. The van der Waals surface area contributed by atoms with Gasteiger partial charge in [0.2, 0.25) is 0 Å². The monoisotopic (exact) mass is 478 g/mol. The van der Waals surface area contributed by atoms with E-state index in [2.05, 4.69) is 6.92 Å². The lowest BCUT2D eigenvalue weighted by Gasteiger charge is -2.38. The first-order chi connectivity index (χ1) is 16.0. The number of hydrogen-bond acceptors (Lipinski definition) is 2. The zero-order valence-corrected chi connectivity index (χ0v) is 21.4. The number of halogens is 2. The molecule has 4 heteroatoms. The Kier molecular flexibility index (Phi) is 11.5. The van der Waals surface area contributed by atoms with Crippen LogP contribution in [0.15, 0.2) is 18.2 Å². The van der Waals surface area contributed by atoms with E-state index in [9.17, 15) is 9.18 Å². The van der Waals surface area contributed by atoms with Crippen molar-refractivity contribution in [2.45, 2.75) is 116 Å². The molecule has 0 bridgehead atoms. The van der Waals surface area contributed by atoms with Gasteiger partial charge in [0, 0.05) is 12.5 Å². The van der Waals surface area contributed by atoms with Crippen molar-refractivity contribution >= 4 is 17.6 Å². The van der Waals surface area contributed by atoms with E-state index in [1.54, 1.807) is 6.07 Å². The van der Waals surface area contributed by atoms with Gasteiger partial charge < -0.3 is 4.74 Å². The summed E-state index contributed by atoms with van der Waals surface area (Å²) in [7, 11) is 0. The second-order valence-corrected chi connectivity index (χ2v) is 11.1. The summed E-state index contributed by atoms with van der Waals surface area (Å²) in [6.45, 7) is 2.28. The van der Waals surface area contributed by atoms with E-state index in [1.807, 2.05) is 0 Å². The second-order valence-electron chi connectivity index (χ2n) is 10.7. The van der Waals surface area contributed by atoms with Crippen LogP contribution >= 0.6 is 11.6 Å². The SMILES string of the molecule is CCCCCCCC[C@H]1CC[C@H]([C@H]2CCCC(CCC(=O)Oc3ccc(Cl)c(F)c3)C2)CC1. The van der Waals surface area contributed by atoms with Crippen LogP contribution in [0, 0.1) is 29.5 Å². The molecule has 2 nitrogen and oxygen atoms in total. The van der Waals surface area contributed by atoms with Crippen LogP contribution in [0.3, 0.4) is 0 Å². The Morgan fingerprint density at radius 2 is 1.70 bits per heavy atom. The Balaban J connectivity index is 1.31. The minimum Gasteiger partial charge on any atom is -0.426 e. The maximum Gasteiger partial charge on any atom is 0.311 e. The van der Waals surface area contributed by atoms with Gasteiger partial charge in [0.1, 0.15) is 11.6 Å². The first-order valence-electron chi connectivity index (χ1n) is 13.7. The van der Waals surface area contributed by atoms with Gasteiger partial charge in [-0.25, -0.2) is 4.39 Å². The standard InChI is InChI=1S/C29H44ClFO2/c1-2-3-4-5-6-7-9-22-12-15-24(16-13-22)25-11-8-10-23(20-25)14-19-29(32)33-26-17-18-27(30)28(31)21-26/h17-18,21-25H,2-16,19-20H2,1H3/t22-,23?,24-,25-/m0/s1. The van der Waals surface area contributed by atoms with Crippen LogP contribution in [0.25, 0.3) is 0 Å². The van der Waals surface area contributed by atoms with Crippen molar-refractivity contribution in [3.63, 3.8) is 0 Å². The molecule has 0 aliphatic heterocycles. The number of hydrogen-bond donors (Lipinski definition) is 0. The van der Waals surface area contributed by atoms with E-state index < -0.39 is 5.82 Å². The number of ether oxygens (including phenoxy) is 1. The summed E-state index contributed by atoms with van der Waals surface area (Å²) in [4.78, 5) is 12.3. The number of esters is 1. The molecule has 1 unspecified atom stereocenters. The van der Waals surface area contributed by atoms with Crippen molar-refractivity contribution in [3.05, 3.63) is 29.0 Å². The Morgan fingerprint density at radius 3 is 2.45 bits per heavy atom. The maximum atomic E-state index is 13.5. The topological polar surface area (TPSA) is 26.3 Å². The molecule has 186 valence electrons. The molecule has 1 aromatic carbocycles. The van der Waals surface area contributed by atoms with Gasteiger partial charge in [0.05, 0.1) is 5.02 Å². The Morgan fingerprint density at radius 1 is 0.939 bits per heavy atom. The summed E-state index contributed by atoms with van der Waals surface area (Å²) in [5, 5.41) is 0.0412. The zero-order valence-electron chi connectivity index (χ0n) is 20.6. The molecule has 0 aromatic heterocycles. The molecule has 2 fully saturated rings. The molecular formula is C29H44ClFO2. The molecule has 0 radical (unpaired) electrons. The van der Waals surface area contributed by atoms with Crippen molar-refractivity contribution in [1.29, 1.82) is 0 Å². The zero-order chi connectivity index (χ0) is 23.5. The first-order valence-corrected chi connectivity index (χ1v) is 14.1. The van der Waals surface area contributed by atoms with Gasteiger partial charge in [-0.1, -0.05) is 95.6 Å². The van der Waals surface area contributed by atoms with E-state index in [4.69, 9.17) is 16.3 Å². The summed E-state index contributed by atoms with van der Waals surface area (Å²) < 4.78 is 18.9. The van der Waals surface area contributed by atoms with Crippen LogP contribution in [-0.4, -0.2) is 5.97 Å². The van der Waals surface area contributed by atoms with E-state index in [1.165, 1.54) is 108 Å². The molecule has 0 saturated heterocycles. The van der Waals surface area contributed by atoms with Crippen LogP contribution in [-0.2, 0) is 4.79 Å². The molecule has 33 heavy (non-hydrogen) atoms. The largest absolute Gasteiger partial charge is 0.426 e. The predicted octanol–water partition coefficient (Wildman–Crippen LogP) is 9.53. The molecule has 3 rings (SSSR count). The lowest BCUT2D eigenvalue weighted by molar-refractivity contribution is -0.134. The smallest absolute Gasteiger partial charge is 0.311 e. The summed E-state index contributed by atoms with van der Waals surface area (Å²) >= 11 is 5.69. The minimum absolute atomic E-state index is 0.0412. The number of rotatable bonds is 12. The molecule has 1 aromatic rings. The van der Waals surface area contributed by atoms with Crippen molar-refractivity contribution in [2.75, 3.05) is 0 Å². The van der Waals surface area contributed by atoms with Gasteiger partial charge in [0.15, 0.2) is 0 Å². The van der Waals surface area contributed by atoms with Crippen molar-refractivity contribution in [1.82, 2.24) is 0 Å². The Bertz CT molecular complexity index is 714. The molecule has 2 atom stereocenters. The van der Waals surface area contributed by atoms with Gasteiger partial charge >= 0.3 is 5.97 Å². The summed E-state index contributed by atoms with van der Waals surface area (Å²) in [5.41, 5.74) is 0. The fourth-order valence-electron chi connectivity index (χ4n) is 6.23. The third kappa shape index (κ3) is 9.23. The van der Waals surface area contributed by atoms with Gasteiger partial charge in [-0.2, -0.15) is 0 Å². The molecule has 2 saturated carbocycles. The molecule has 2 aliphatic carbocycles. The predicted molar refractivity (Wildman–Crippen MR) is 135 cm³/mol. The molecule has 2 aliphatic rings. The average Bonchev–Trinajstić information content (AvgIpc) is 2.83. The lowest BCUT2D eigenvalue weighted by atomic mass is 9.67. The Labute approximate surface area is 206 Å². The van der Waals surface area contributed by atoms with Gasteiger partial charge in [0.25, 0.3) is 0 Å². The average molecular weight is 479 g/mol. The van der Waals surface area contributed by atoms with Crippen molar-refractivity contribution < 1.29 is 13.9 Å². The van der Waals surface area contributed by atoms with E-state index in [-0.39, 0.29) is 16.7 Å². The van der Waals surface area contributed by atoms with Crippen molar-refractivity contribution in [2.24, 2.45) is 23.7 Å². The minimum atomic E-state index is -0.557. The van der Waals surface area contributed by atoms with E-state index in [0.717, 1.165) is 24.2 Å². The van der Waals surface area contributed by atoms with Crippen molar-refractivity contribution in [3.8, 4) is 5.75 Å². The Hall–Kier alpha value is -1.09.